The third kappa shape index (κ3) is 5.25. The third-order valence-electron chi connectivity index (χ3n) is 4.46. The zero-order chi connectivity index (χ0) is 13.3. The van der Waals surface area contributed by atoms with Crippen LogP contribution in [0.25, 0.3) is 0 Å². The van der Waals surface area contributed by atoms with Crippen LogP contribution in [-0.2, 0) is 4.74 Å². The lowest BCUT2D eigenvalue weighted by Gasteiger charge is -2.42. The van der Waals surface area contributed by atoms with Crippen molar-refractivity contribution in [1.82, 2.24) is 5.43 Å². The normalized spacial score (nSPS) is 19.5. The predicted octanol–water partition coefficient (Wildman–Crippen LogP) is 3.53. The van der Waals surface area contributed by atoms with Gasteiger partial charge in [0.15, 0.2) is 0 Å². The number of nitrogens with two attached hydrogens (primary N) is 1. The van der Waals surface area contributed by atoms with Gasteiger partial charge in [0.1, 0.15) is 0 Å². The molecular weight excluding hydrogens is 224 g/mol. The molecular formula is C15H32N2O. The van der Waals surface area contributed by atoms with E-state index < -0.39 is 0 Å². The first-order chi connectivity index (χ1) is 8.76. The largest absolute Gasteiger partial charge is 0.378 e. The Bertz CT molecular complexity index is 199. The first-order valence-electron chi connectivity index (χ1n) is 7.77. The summed E-state index contributed by atoms with van der Waals surface area (Å²) in [5, 5.41) is 0. The van der Waals surface area contributed by atoms with E-state index in [0.29, 0.717) is 6.04 Å². The Hall–Kier alpha value is -0.120. The van der Waals surface area contributed by atoms with Crippen LogP contribution in [0, 0.1) is 0 Å². The highest BCUT2D eigenvalue weighted by molar-refractivity contribution is 4.92. The fourth-order valence-electron chi connectivity index (χ4n) is 2.93. The molecule has 1 aliphatic rings. The van der Waals surface area contributed by atoms with Crippen molar-refractivity contribution in [3.63, 3.8) is 0 Å². The zero-order valence-electron chi connectivity index (χ0n) is 12.3. The average Bonchev–Trinajstić information content (AvgIpc) is 2.35. The number of hydrogen-bond acceptors (Lipinski definition) is 3. The predicted molar refractivity (Wildman–Crippen MR) is 77.3 cm³/mol. The minimum atomic E-state index is 0.138. The van der Waals surface area contributed by atoms with Gasteiger partial charge in [0.25, 0.3) is 0 Å². The quantitative estimate of drug-likeness (QED) is 0.338. The van der Waals surface area contributed by atoms with E-state index in [0.717, 1.165) is 6.42 Å². The summed E-state index contributed by atoms with van der Waals surface area (Å²) in [5.74, 6) is 5.67. The van der Waals surface area contributed by atoms with Crippen LogP contribution in [0.15, 0.2) is 0 Å². The van der Waals surface area contributed by atoms with Crippen molar-refractivity contribution >= 4 is 0 Å². The van der Waals surface area contributed by atoms with Gasteiger partial charge in [0.2, 0.25) is 0 Å². The molecule has 3 nitrogen and oxygen atoms in total. The van der Waals surface area contributed by atoms with Crippen molar-refractivity contribution < 1.29 is 4.74 Å². The van der Waals surface area contributed by atoms with Gasteiger partial charge >= 0.3 is 0 Å². The lowest BCUT2D eigenvalue weighted by Crippen LogP contribution is -2.47. The van der Waals surface area contributed by atoms with Gasteiger partial charge < -0.3 is 4.74 Å². The number of rotatable bonds is 11. The van der Waals surface area contributed by atoms with E-state index in [2.05, 4.69) is 12.3 Å². The molecule has 0 aromatic carbocycles. The Kier molecular flexibility index (Phi) is 7.87. The van der Waals surface area contributed by atoms with E-state index in [1.165, 1.54) is 64.2 Å². The van der Waals surface area contributed by atoms with Crippen molar-refractivity contribution in [2.45, 2.75) is 89.2 Å². The topological polar surface area (TPSA) is 47.3 Å². The van der Waals surface area contributed by atoms with Gasteiger partial charge in [-0.3, -0.25) is 11.3 Å². The van der Waals surface area contributed by atoms with Crippen molar-refractivity contribution in [2.24, 2.45) is 5.84 Å². The molecule has 18 heavy (non-hydrogen) atoms. The monoisotopic (exact) mass is 256 g/mol. The van der Waals surface area contributed by atoms with Gasteiger partial charge in [-0.05, 0) is 32.1 Å². The first kappa shape index (κ1) is 15.9. The standard InChI is InChI=1S/C15H32N2O/c1-3-4-5-6-7-8-10-14(17-16)13-15(18-2)11-9-12-15/h14,17H,3-13,16H2,1-2H3. The van der Waals surface area contributed by atoms with Crippen LogP contribution >= 0.6 is 0 Å². The summed E-state index contributed by atoms with van der Waals surface area (Å²) in [6.07, 6.45) is 14.1. The van der Waals surface area contributed by atoms with Crippen molar-refractivity contribution in [3.8, 4) is 0 Å². The van der Waals surface area contributed by atoms with Gasteiger partial charge in [0, 0.05) is 13.2 Å². The molecule has 108 valence electrons. The van der Waals surface area contributed by atoms with E-state index in [1.807, 2.05) is 7.11 Å². The molecule has 0 aromatic rings. The van der Waals surface area contributed by atoms with E-state index in [1.54, 1.807) is 0 Å². The molecule has 1 saturated carbocycles. The molecule has 1 aliphatic carbocycles. The van der Waals surface area contributed by atoms with Crippen LogP contribution in [0.4, 0.5) is 0 Å². The molecule has 0 spiro atoms. The van der Waals surface area contributed by atoms with E-state index in [-0.39, 0.29) is 5.60 Å². The van der Waals surface area contributed by atoms with E-state index >= 15 is 0 Å². The van der Waals surface area contributed by atoms with Crippen LogP contribution in [0.5, 0.6) is 0 Å². The zero-order valence-corrected chi connectivity index (χ0v) is 12.3. The number of ether oxygens (including phenoxy) is 1. The SMILES string of the molecule is CCCCCCCCC(CC1(OC)CCC1)NN. The smallest absolute Gasteiger partial charge is 0.0694 e. The Morgan fingerprint density at radius 2 is 1.83 bits per heavy atom. The molecule has 1 fully saturated rings. The highest BCUT2D eigenvalue weighted by Gasteiger charge is 2.38. The molecule has 1 rings (SSSR count). The highest BCUT2D eigenvalue weighted by atomic mass is 16.5. The molecule has 1 atom stereocenters. The maximum atomic E-state index is 5.67. The summed E-state index contributed by atoms with van der Waals surface area (Å²) in [4.78, 5) is 0. The fourth-order valence-corrected chi connectivity index (χ4v) is 2.93. The van der Waals surface area contributed by atoms with E-state index in [4.69, 9.17) is 10.6 Å². The molecule has 0 heterocycles. The van der Waals surface area contributed by atoms with Gasteiger partial charge in [-0.25, -0.2) is 0 Å². The number of unbranched alkanes of at least 4 members (excludes halogenated alkanes) is 5. The van der Waals surface area contributed by atoms with Gasteiger partial charge in [0.05, 0.1) is 5.60 Å². The Morgan fingerprint density at radius 3 is 2.33 bits per heavy atom. The second kappa shape index (κ2) is 8.89. The average molecular weight is 256 g/mol. The van der Waals surface area contributed by atoms with Gasteiger partial charge in [-0.1, -0.05) is 45.4 Å². The molecule has 0 bridgehead atoms. The Labute approximate surface area is 113 Å². The van der Waals surface area contributed by atoms with Crippen molar-refractivity contribution in [2.75, 3.05) is 7.11 Å². The minimum absolute atomic E-state index is 0.138. The summed E-state index contributed by atoms with van der Waals surface area (Å²) < 4.78 is 5.67. The van der Waals surface area contributed by atoms with Gasteiger partial charge in [-0.2, -0.15) is 0 Å². The maximum Gasteiger partial charge on any atom is 0.0694 e. The maximum absolute atomic E-state index is 5.67. The number of nitrogens with one attached hydrogen (secondary N) is 1. The van der Waals surface area contributed by atoms with Crippen molar-refractivity contribution in [1.29, 1.82) is 0 Å². The van der Waals surface area contributed by atoms with Crippen LogP contribution < -0.4 is 11.3 Å². The first-order valence-corrected chi connectivity index (χ1v) is 7.77. The summed E-state index contributed by atoms with van der Waals surface area (Å²) >= 11 is 0. The number of hydrogen-bond donors (Lipinski definition) is 2. The Balaban J connectivity index is 2.09. The van der Waals surface area contributed by atoms with Crippen LogP contribution in [-0.4, -0.2) is 18.8 Å². The number of hydrazine groups is 1. The molecule has 0 amide bonds. The van der Waals surface area contributed by atoms with E-state index in [9.17, 15) is 0 Å². The van der Waals surface area contributed by atoms with Gasteiger partial charge in [-0.15, -0.1) is 0 Å². The lowest BCUT2D eigenvalue weighted by molar-refractivity contribution is -0.0840. The number of methoxy groups -OCH3 is 1. The second-order valence-corrected chi connectivity index (χ2v) is 5.86. The van der Waals surface area contributed by atoms with Crippen LogP contribution in [0.1, 0.15) is 77.6 Å². The molecule has 0 aliphatic heterocycles. The molecule has 3 N–H and O–H groups in total. The summed E-state index contributed by atoms with van der Waals surface area (Å²) in [6.45, 7) is 2.26. The molecule has 3 heteroatoms. The summed E-state index contributed by atoms with van der Waals surface area (Å²) in [5.41, 5.74) is 3.12. The summed E-state index contributed by atoms with van der Waals surface area (Å²) in [6, 6.07) is 0.427. The Morgan fingerprint density at radius 1 is 1.17 bits per heavy atom. The molecule has 0 aromatic heterocycles. The van der Waals surface area contributed by atoms with Crippen LogP contribution in [0.3, 0.4) is 0 Å². The second-order valence-electron chi connectivity index (χ2n) is 5.86. The summed E-state index contributed by atoms with van der Waals surface area (Å²) in [7, 11) is 1.84. The van der Waals surface area contributed by atoms with Crippen molar-refractivity contribution in [3.05, 3.63) is 0 Å². The highest BCUT2D eigenvalue weighted by Crippen LogP contribution is 2.39. The third-order valence-corrected chi connectivity index (χ3v) is 4.46. The molecule has 0 radical (unpaired) electrons. The lowest BCUT2D eigenvalue weighted by atomic mass is 9.75. The minimum Gasteiger partial charge on any atom is -0.378 e. The fraction of sp³-hybridized carbons (Fsp3) is 1.00. The molecule has 1 unspecified atom stereocenters. The van der Waals surface area contributed by atoms with Crippen LogP contribution in [0.2, 0.25) is 0 Å². The molecule has 0 saturated heterocycles.